The Labute approximate surface area is 104 Å². The molecule has 98 valence electrons. The van der Waals surface area contributed by atoms with Gasteiger partial charge in [-0.3, -0.25) is 4.79 Å². The van der Waals surface area contributed by atoms with E-state index in [-0.39, 0.29) is 18.0 Å². The van der Waals surface area contributed by atoms with E-state index in [4.69, 9.17) is 4.74 Å². The molecule has 1 saturated heterocycles. The Bertz CT molecular complexity index is 249. The fourth-order valence-corrected chi connectivity index (χ4v) is 3.03. The van der Waals surface area contributed by atoms with Crippen LogP contribution < -0.4 is 5.32 Å². The molecule has 0 aromatic carbocycles. The molecule has 2 fully saturated rings. The molecule has 0 bridgehead atoms. The van der Waals surface area contributed by atoms with Gasteiger partial charge < -0.3 is 10.1 Å². The third-order valence-corrected chi connectivity index (χ3v) is 4.23. The summed E-state index contributed by atoms with van der Waals surface area (Å²) in [6.07, 6.45) is 8.21. The molecule has 0 aromatic heterocycles. The predicted molar refractivity (Wildman–Crippen MR) is 67.7 cm³/mol. The minimum absolute atomic E-state index is 0.0407. The topological polar surface area (TPSA) is 38.3 Å². The Kier molecular flexibility index (Phi) is 4.84. The summed E-state index contributed by atoms with van der Waals surface area (Å²) >= 11 is 0. The maximum Gasteiger partial charge on any atom is 0.310 e. The van der Waals surface area contributed by atoms with Gasteiger partial charge in [-0.15, -0.1) is 0 Å². The van der Waals surface area contributed by atoms with Crippen molar-refractivity contribution in [1.29, 1.82) is 0 Å². The molecule has 0 radical (unpaired) electrons. The first-order chi connectivity index (χ1) is 8.29. The molecule has 2 rings (SSSR count). The molecule has 1 saturated carbocycles. The number of carbonyl (C=O) groups is 1. The van der Waals surface area contributed by atoms with E-state index in [0.29, 0.717) is 0 Å². The van der Waals surface area contributed by atoms with Crippen LogP contribution >= 0.6 is 0 Å². The van der Waals surface area contributed by atoms with Crippen molar-refractivity contribution in [3.63, 3.8) is 0 Å². The van der Waals surface area contributed by atoms with Gasteiger partial charge >= 0.3 is 5.97 Å². The Hall–Kier alpha value is -0.570. The molecule has 0 spiro atoms. The van der Waals surface area contributed by atoms with Crippen molar-refractivity contribution in [1.82, 2.24) is 5.32 Å². The van der Waals surface area contributed by atoms with Gasteiger partial charge in [-0.25, -0.2) is 0 Å². The largest absolute Gasteiger partial charge is 0.462 e. The predicted octanol–water partition coefficient (Wildman–Crippen LogP) is 2.50. The average Bonchev–Trinajstić information content (AvgIpc) is 2.40. The van der Waals surface area contributed by atoms with E-state index >= 15 is 0 Å². The maximum absolute atomic E-state index is 12.0. The monoisotopic (exact) mass is 239 g/mol. The summed E-state index contributed by atoms with van der Waals surface area (Å²) in [6.45, 7) is 4.09. The highest BCUT2D eigenvalue weighted by atomic mass is 16.5. The standard InChI is InChI=1S/C14H25NO2/c1-2-11-5-3-7-13(9-11)17-14(16)12-6-4-8-15-10-12/h11-13,15H,2-10H2,1H3/t11?,12-,13?/m0/s1. The van der Waals surface area contributed by atoms with Gasteiger partial charge in [0.05, 0.1) is 5.92 Å². The number of piperidine rings is 1. The molecule has 2 aliphatic rings. The minimum Gasteiger partial charge on any atom is -0.462 e. The van der Waals surface area contributed by atoms with Crippen LogP contribution in [0.15, 0.2) is 0 Å². The molecule has 1 aliphatic heterocycles. The molecule has 0 aromatic rings. The first-order valence-corrected chi connectivity index (χ1v) is 7.20. The molecule has 1 aliphatic carbocycles. The third kappa shape index (κ3) is 3.70. The summed E-state index contributed by atoms with van der Waals surface area (Å²) < 4.78 is 5.68. The summed E-state index contributed by atoms with van der Waals surface area (Å²) in [7, 11) is 0. The lowest BCUT2D eigenvalue weighted by atomic mass is 9.85. The van der Waals surface area contributed by atoms with Crippen LogP contribution in [-0.2, 0) is 9.53 Å². The number of hydrogen-bond acceptors (Lipinski definition) is 3. The van der Waals surface area contributed by atoms with Crippen molar-refractivity contribution in [3.8, 4) is 0 Å². The molecule has 3 atom stereocenters. The maximum atomic E-state index is 12.0. The number of rotatable bonds is 3. The zero-order valence-electron chi connectivity index (χ0n) is 10.9. The van der Waals surface area contributed by atoms with Crippen molar-refractivity contribution < 1.29 is 9.53 Å². The molecule has 1 heterocycles. The minimum atomic E-state index is 0.0407. The highest BCUT2D eigenvalue weighted by Crippen LogP contribution is 2.29. The van der Waals surface area contributed by atoms with Crippen LogP contribution in [0.1, 0.15) is 51.9 Å². The number of hydrogen-bond donors (Lipinski definition) is 1. The lowest BCUT2D eigenvalue weighted by molar-refractivity contribution is -0.156. The fourth-order valence-electron chi connectivity index (χ4n) is 3.03. The smallest absolute Gasteiger partial charge is 0.310 e. The molecule has 3 nitrogen and oxygen atoms in total. The highest BCUT2D eigenvalue weighted by molar-refractivity contribution is 5.73. The van der Waals surface area contributed by atoms with Gasteiger partial charge in [-0.1, -0.05) is 19.8 Å². The van der Waals surface area contributed by atoms with Gasteiger partial charge in [0.15, 0.2) is 0 Å². The molecular weight excluding hydrogens is 214 g/mol. The Morgan fingerprint density at radius 1 is 1.29 bits per heavy atom. The van der Waals surface area contributed by atoms with Gasteiger partial charge in [0.2, 0.25) is 0 Å². The Morgan fingerprint density at radius 2 is 2.18 bits per heavy atom. The normalized spacial score (nSPS) is 34.3. The molecule has 3 heteroatoms. The number of carbonyl (C=O) groups excluding carboxylic acids is 1. The first kappa shape index (κ1) is 12.9. The van der Waals surface area contributed by atoms with Crippen molar-refractivity contribution in [3.05, 3.63) is 0 Å². The average molecular weight is 239 g/mol. The van der Waals surface area contributed by atoms with E-state index in [1.54, 1.807) is 0 Å². The van der Waals surface area contributed by atoms with E-state index < -0.39 is 0 Å². The second-order valence-electron chi connectivity index (χ2n) is 5.54. The second-order valence-corrected chi connectivity index (χ2v) is 5.54. The van der Waals surface area contributed by atoms with Crippen LogP contribution in [-0.4, -0.2) is 25.2 Å². The van der Waals surface area contributed by atoms with Crippen molar-refractivity contribution >= 4 is 5.97 Å². The molecule has 1 N–H and O–H groups in total. The van der Waals surface area contributed by atoms with Crippen LogP contribution in [0.3, 0.4) is 0 Å². The highest BCUT2D eigenvalue weighted by Gasteiger charge is 2.28. The number of nitrogens with one attached hydrogen (secondary N) is 1. The molecule has 2 unspecified atom stereocenters. The second kappa shape index (κ2) is 6.39. The van der Waals surface area contributed by atoms with Crippen LogP contribution in [0.25, 0.3) is 0 Å². The lowest BCUT2D eigenvalue weighted by Gasteiger charge is -2.30. The Balaban J connectivity index is 1.77. The number of ether oxygens (including phenoxy) is 1. The van der Waals surface area contributed by atoms with Crippen LogP contribution in [0.2, 0.25) is 0 Å². The summed E-state index contributed by atoms with van der Waals surface area (Å²) in [5.74, 6) is 0.913. The van der Waals surface area contributed by atoms with Crippen molar-refractivity contribution in [2.45, 2.75) is 58.0 Å². The zero-order valence-corrected chi connectivity index (χ0v) is 10.9. The summed E-state index contributed by atoms with van der Waals surface area (Å²) in [5, 5.41) is 3.27. The summed E-state index contributed by atoms with van der Waals surface area (Å²) in [5.41, 5.74) is 0. The fraction of sp³-hybridized carbons (Fsp3) is 0.929. The lowest BCUT2D eigenvalue weighted by Crippen LogP contribution is -2.37. The van der Waals surface area contributed by atoms with Crippen LogP contribution in [0.4, 0.5) is 0 Å². The van der Waals surface area contributed by atoms with E-state index in [9.17, 15) is 4.79 Å². The van der Waals surface area contributed by atoms with Gasteiger partial charge in [0, 0.05) is 6.54 Å². The van der Waals surface area contributed by atoms with Crippen LogP contribution in [0.5, 0.6) is 0 Å². The SMILES string of the molecule is CCC1CCCC(OC(=O)[C@H]2CCCNC2)C1. The van der Waals surface area contributed by atoms with Gasteiger partial charge in [-0.2, -0.15) is 0 Å². The first-order valence-electron chi connectivity index (χ1n) is 7.20. The van der Waals surface area contributed by atoms with E-state index in [2.05, 4.69) is 12.2 Å². The molecule has 0 amide bonds. The summed E-state index contributed by atoms with van der Waals surface area (Å²) in [4.78, 5) is 12.0. The van der Waals surface area contributed by atoms with E-state index in [1.165, 1.54) is 19.3 Å². The molecule has 17 heavy (non-hydrogen) atoms. The zero-order chi connectivity index (χ0) is 12.1. The Morgan fingerprint density at radius 3 is 2.88 bits per heavy atom. The quantitative estimate of drug-likeness (QED) is 0.769. The van der Waals surface area contributed by atoms with Crippen molar-refractivity contribution in [2.24, 2.45) is 11.8 Å². The van der Waals surface area contributed by atoms with Crippen molar-refractivity contribution in [2.75, 3.05) is 13.1 Å². The van der Waals surface area contributed by atoms with Gasteiger partial charge in [0.1, 0.15) is 6.10 Å². The van der Waals surface area contributed by atoms with Gasteiger partial charge in [0.25, 0.3) is 0 Å². The van der Waals surface area contributed by atoms with Crippen LogP contribution in [0, 0.1) is 11.8 Å². The number of esters is 1. The third-order valence-electron chi connectivity index (χ3n) is 4.23. The van der Waals surface area contributed by atoms with Gasteiger partial charge in [-0.05, 0) is 44.6 Å². The van der Waals surface area contributed by atoms with E-state index in [0.717, 1.165) is 44.7 Å². The summed E-state index contributed by atoms with van der Waals surface area (Å²) in [6, 6.07) is 0. The molecular formula is C14H25NO2. The van der Waals surface area contributed by atoms with E-state index in [1.807, 2.05) is 0 Å².